The number of hydrogen-bond acceptors (Lipinski definition) is 4. The molecule has 0 N–H and O–H groups in total. The van der Waals surface area contributed by atoms with Crippen LogP contribution in [-0.4, -0.2) is 16.9 Å². The minimum Gasteiger partial charge on any atom is -0.487 e. The highest BCUT2D eigenvalue weighted by Gasteiger charge is 2.41. The summed E-state index contributed by atoms with van der Waals surface area (Å²) in [4.78, 5) is 30.5. The van der Waals surface area contributed by atoms with Gasteiger partial charge in [0, 0.05) is 0 Å². The van der Waals surface area contributed by atoms with Gasteiger partial charge in [0.15, 0.2) is 5.11 Å². The maximum Gasteiger partial charge on any atom is 0.270 e. The van der Waals surface area contributed by atoms with Crippen molar-refractivity contribution in [3.8, 4) is 5.75 Å². The Bertz CT molecular complexity index is 1780. The smallest absolute Gasteiger partial charge is 0.270 e. The largest absolute Gasteiger partial charge is 0.487 e. The number of rotatable bonds is 6. The summed E-state index contributed by atoms with van der Waals surface area (Å²) in [6.45, 7) is 0.417. The van der Waals surface area contributed by atoms with Crippen LogP contribution in [0.15, 0.2) is 121 Å². The summed E-state index contributed by atoms with van der Waals surface area (Å²) in [5.41, 5.74) is 3.02. The lowest BCUT2D eigenvalue weighted by molar-refractivity contribution is -0.120. The summed E-state index contributed by atoms with van der Waals surface area (Å²) in [7, 11) is 0. The number of thiocarbonyl (C=S) groups is 1. The van der Waals surface area contributed by atoms with Crippen molar-refractivity contribution in [3.63, 3.8) is 0 Å². The van der Waals surface area contributed by atoms with Crippen molar-refractivity contribution in [1.29, 1.82) is 0 Å². The first-order valence-electron chi connectivity index (χ1n) is 13.1. The molecular formula is C34H22I2N2O3S. The van der Waals surface area contributed by atoms with Crippen LogP contribution in [0.1, 0.15) is 11.1 Å². The lowest BCUT2D eigenvalue weighted by Crippen LogP contribution is -2.56. The molecule has 5 nitrogen and oxygen atoms in total. The van der Waals surface area contributed by atoms with Crippen LogP contribution in [-0.2, 0) is 16.2 Å². The van der Waals surface area contributed by atoms with Crippen molar-refractivity contribution < 1.29 is 14.3 Å². The molecule has 2 amide bonds. The van der Waals surface area contributed by atoms with E-state index in [1.165, 1.54) is 15.2 Å². The molecule has 8 heteroatoms. The van der Waals surface area contributed by atoms with E-state index in [-0.39, 0.29) is 10.7 Å². The van der Waals surface area contributed by atoms with Crippen LogP contribution in [0.3, 0.4) is 0 Å². The monoisotopic (exact) mass is 792 g/mol. The van der Waals surface area contributed by atoms with E-state index < -0.39 is 11.8 Å². The fraction of sp³-hybridized carbons (Fsp3) is 0.0294. The average molecular weight is 792 g/mol. The van der Waals surface area contributed by atoms with Gasteiger partial charge in [0.05, 0.1) is 18.5 Å². The Hall–Kier alpha value is -3.61. The van der Waals surface area contributed by atoms with Gasteiger partial charge in [-0.15, -0.1) is 0 Å². The van der Waals surface area contributed by atoms with Crippen molar-refractivity contribution in [2.45, 2.75) is 6.61 Å². The number of benzene rings is 5. The van der Waals surface area contributed by atoms with Gasteiger partial charge in [0.25, 0.3) is 11.8 Å². The Morgan fingerprint density at radius 1 is 0.690 bits per heavy atom. The zero-order valence-corrected chi connectivity index (χ0v) is 27.2. The third kappa shape index (κ3) is 5.58. The van der Waals surface area contributed by atoms with E-state index in [0.29, 0.717) is 23.5 Å². The van der Waals surface area contributed by atoms with Gasteiger partial charge in [0.1, 0.15) is 17.9 Å². The van der Waals surface area contributed by atoms with Crippen LogP contribution < -0.4 is 14.5 Å². The summed E-state index contributed by atoms with van der Waals surface area (Å²) in [6, 6.07) is 36.5. The number of ether oxygens (including phenoxy) is 1. The van der Waals surface area contributed by atoms with E-state index in [1.54, 1.807) is 30.3 Å². The molecule has 1 fully saturated rings. The second kappa shape index (κ2) is 12.3. The van der Waals surface area contributed by atoms with Gasteiger partial charge in [0.2, 0.25) is 0 Å². The molecule has 6 rings (SSSR count). The standard InChI is InChI=1S/C34H22I2N2O3S/c35-29-19-22(20-30(36)31(29)41-21-24-12-9-11-23-10-7-8-17-27(23)24)18-28-32(39)37(25-13-3-1-4-14-25)34(42)38(33(28)40)26-15-5-2-6-16-26/h1-20H,21H2. The highest BCUT2D eigenvalue weighted by atomic mass is 127. The molecule has 42 heavy (non-hydrogen) atoms. The first-order chi connectivity index (χ1) is 20.4. The molecule has 0 unspecified atom stereocenters. The molecule has 0 radical (unpaired) electrons. The lowest BCUT2D eigenvalue weighted by Gasteiger charge is -2.36. The quantitative estimate of drug-likeness (QED) is 0.0751. The van der Waals surface area contributed by atoms with E-state index in [0.717, 1.165) is 23.8 Å². The van der Waals surface area contributed by atoms with Gasteiger partial charge in [-0.25, -0.2) is 0 Å². The minimum absolute atomic E-state index is 0.0207. The van der Waals surface area contributed by atoms with E-state index >= 15 is 0 Å². The number of amides is 2. The second-order valence-electron chi connectivity index (χ2n) is 9.53. The number of carbonyl (C=O) groups is 2. The van der Waals surface area contributed by atoms with Crippen molar-refractivity contribution in [2.24, 2.45) is 0 Å². The SMILES string of the molecule is O=C1C(=Cc2cc(I)c(OCc3cccc4ccccc34)c(I)c2)C(=O)N(c2ccccc2)C(=S)N1c1ccccc1. The number of carbonyl (C=O) groups excluding carboxylic acids is 2. The molecule has 1 aliphatic rings. The molecule has 0 spiro atoms. The molecule has 5 aromatic carbocycles. The van der Waals surface area contributed by atoms with Gasteiger partial charge in [-0.2, -0.15) is 0 Å². The highest BCUT2D eigenvalue weighted by Crippen LogP contribution is 2.33. The fourth-order valence-electron chi connectivity index (χ4n) is 4.87. The molecule has 5 aromatic rings. The molecule has 0 saturated carbocycles. The first kappa shape index (κ1) is 28.5. The van der Waals surface area contributed by atoms with Crippen LogP contribution in [0.4, 0.5) is 11.4 Å². The maximum absolute atomic E-state index is 13.8. The summed E-state index contributed by atoms with van der Waals surface area (Å²) in [5, 5.41) is 2.44. The third-order valence-corrected chi connectivity index (χ3v) is 8.83. The van der Waals surface area contributed by atoms with E-state index in [1.807, 2.05) is 66.7 Å². The Morgan fingerprint density at radius 3 is 1.81 bits per heavy atom. The molecule has 206 valence electrons. The first-order valence-corrected chi connectivity index (χ1v) is 15.6. The van der Waals surface area contributed by atoms with E-state index in [9.17, 15) is 9.59 Å². The van der Waals surface area contributed by atoms with Crippen LogP contribution in [0.2, 0.25) is 0 Å². The van der Waals surface area contributed by atoms with Gasteiger partial charge in [-0.3, -0.25) is 19.4 Å². The Labute approximate surface area is 276 Å². The second-order valence-corrected chi connectivity index (χ2v) is 12.2. The minimum atomic E-state index is -0.468. The molecule has 1 aliphatic heterocycles. The molecule has 0 atom stereocenters. The van der Waals surface area contributed by atoms with E-state index in [2.05, 4.69) is 69.4 Å². The predicted molar refractivity (Wildman–Crippen MR) is 189 cm³/mol. The van der Waals surface area contributed by atoms with Crippen molar-refractivity contribution in [1.82, 2.24) is 0 Å². The Kier molecular flexibility index (Phi) is 8.36. The number of anilines is 2. The molecular weight excluding hydrogens is 770 g/mol. The van der Waals surface area contributed by atoms with Crippen LogP contribution >= 0.6 is 57.4 Å². The van der Waals surface area contributed by atoms with Crippen molar-refractivity contribution in [3.05, 3.63) is 139 Å². The van der Waals surface area contributed by atoms with Crippen LogP contribution in [0.5, 0.6) is 5.75 Å². The molecule has 1 saturated heterocycles. The average Bonchev–Trinajstić information content (AvgIpc) is 3.00. The normalized spacial score (nSPS) is 13.6. The Balaban J connectivity index is 1.35. The van der Waals surface area contributed by atoms with Crippen LogP contribution in [0, 0.1) is 7.14 Å². The summed E-state index contributed by atoms with van der Waals surface area (Å²) >= 11 is 10.2. The molecule has 0 bridgehead atoms. The highest BCUT2D eigenvalue weighted by molar-refractivity contribution is 14.1. The van der Waals surface area contributed by atoms with E-state index in [4.69, 9.17) is 17.0 Å². The zero-order valence-electron chi connectivity index (χ0n) is 22.0. The van der Waals surface area contributed by atoms with Crippen molar-refractivity contribution >= 4 is 103 Å². The van der Waals surface area contributed by atoms with Gasteiger partial charge in [-0.05, 0) is 122 Å². The van der Waals surface area contributed by atoms with Gasteiger partial charge in [-0.1, -0.05) is 78.9 Å². The number of para-hydroxylation sites is 2. The third-order valence-electron chi connectivity index (χ3n) is 6.86. The number of fused-ring (bicyclic) bond motifs is 1. The Morgan fingerprint density at radius 2 is 1.21 bits per heavy atom. The van der Waals surface area contributed by atoms with Gasteiger partial charge >= 0.3 is 0 Å². The van der Waals surface area contributed by atoms with Crippen molar-refractivity contribution in [2.75, 3.05) is 9.80 Å². The predicted octanol–water partition coefficient (Wildman–Crippen LogP) is 8.38. The van der Waals surface area contributed by atoms with Gasteiger partial charge < -0.3 is 4.74 Å². The molecule has 1 heterocycles. The molecule has 0 aliphatic carbocycles. The summed E-state index contributed by atoms with van der Waals surface area (Å²) in [5.74, 6) is -0.181. The number of nitrogens with zero attached hydrogens (tertiary/aromatic N) is 2. The molecule has 0 aromatic heterocycles. The number of hydrogen-bond donors (Lipinski definition) is 0. The zero-order chi connectivity index (χ0) is 29.2. The topological polar surface area (TPSA) is 49.9 Å². The van der Waals surface area contributed by atoms with Crippen LogP contribution in [0.25, 0.3) is 16.8 Å². The number of halogens is 2. The summed E-state index contributed by atoms with van der Waals surface area (Å²) < 4.78 is 8.06. The maximum atomic E-state index is 13.8. The lowest BCUT2D eigenvalue weighted by atomic mass is 10.0. The summed E-state index contributed by atoms with van der Waals surface area (Å²) in [6.07, 6.45) is 1.64. The fourth-order valence-corrected chi connectivity index (χ4v) is 7.38.